The van der Waals surface area contributed by atoms with Gasteiger partial charge in [-0.3, -0.25) is 14.4 Å². The molecule has 0 unspecified atom stereocenters. The number of rotatable bonds is 34. The highest BCUT2D eigenvalue weighted by Gasteiger charge is 2.21. The van der Waals surface area contributed by atoms with Gasteiger partial charge >= 0.3 is 11.9 Å². The third-order valence-corrected chi connectivity index (χ3v) is 8.54. The van der Waals surface area contributed by atoms with Crippen LogP contribution in [0.5, 0.6) is 0 Å². The lowest BCUT2D eigenvalue weighted by Gasteiger charge is -2.22. The van der Waals surface area contributed by atoms with E-state index in [1.807, 2.05) is 6.08 Å². The van der Waals surface area contributed by atoms with E-state index in [1.165, 1.54) is 122 Å². The average molecular weight is 638 g/mol. The molecule has 0 aliphatic heterocycles. The molecule has 0 rings (SSSR count). The molecule has 0 spiro atoms. The van der Waals surface area contributed by atoms with Gasteiger partial charge in [-0.15, -0.1) is 0 Å². The summed E-state index contributed by atoms with van der Waals surface area (Å²) in [5, 5.41) is 22.4. The number of carboxylic acids is 1. The summed E-state index contributed by atoms with van der Waals surface area (Å²) in [6, 6.07) is -0.762. The predicted octanol–water partition coefficient (Wildman–Crippen LogP) is 9.98. The van der Waals surface area contributed by atoms with Crippen LogP contribution in [0.25, 0.3) is 0 Å². The second-order valence-electron chi connectivity index (χ2n) is 13.0. The van der Waals surface area contributed by atoms with Gasteiger partial charge in [0, 0.05) is 6.42 Å². The molecule has 0 aromatic rings. The molecular formula is C38H71NO6. The zero-order valence-corrected chi connectivity index (χ0v) is 29.3. The molecule has 0 aliphatic carbocycles. The quantitative estimate of drug-likeness (QED) is 0.0368. The van der Waals surface area contributed by atoms with Crippen LogP contribution in [0.2, 0.25) is 0 Å². The van der Waals surface area contributed by atoms with Crippen molar-refractivity contribution in [3.63, 3.8) is 0 Å². The van der Waals surface area contributed by atoms with Gasteiger partial charge in [0.25, 0.3) is 0 Å². The Kier molecular flexibility index (Phi) is 32.1. The van der Waals surface area contributed by atoms with Crippen LogP contribution in [0.1, 0.15) is 194 Å². The number of carbonyl (C=O) groups excluding carboxylic acids is 2. The molecule has 0 saturated heterocycles. The van der Waals surface area contributed by atoms with Crippen LogP contribution in [0.4, 0.5) is 0 Å². The molecular weight excluding hydrogens is 566 g/mol. The van der Waals surface area contributed by atoms with E-state index in [-0.39, 0.29) is 25.4 Å². The molecule has 0 saturated carbocycles. The van der Waals surface area contributed by atoms with Crippen molar-refractivity contribution in [2.45, 2.75) is 206 Å². The Hall–Kier alpha value is -1.89. The first-order valence-corrected chi connectivity index (χ1v) is 18.9. The zero-order valence-electron chi connectivity index (χ0n) is 29.3. The summed E-state index contributed by atoms with van der Waals surface area (Å²) in [6.07, 6.45) is 33.5. The maximum absolute atomic E-state index is 12.6. The number of esters is 1. The smallest absolute Gasteiger partial charge is 0.306 e. The first-order valence-electron chi connectivity index (χ1n) is 18.9. The summed E-state index contributed by atoms with van der Waals surface area (Å²) < 4.78 is 5.21. The van der Waals surface area contributed by atoms with Crippen molar-refractivity contribution in [1.82, 2.24) is 5.32 Å². The molecule has 0 aromatic heterocycles. The lowest BCUT2D eigenvalue weighted by atomic mass is 10.0. The van der Waals surface area contributed by atoms with Crippen molar-refractivity contribution in [3.8, 4) is 0 Å². The fourth-order valence-electron chi connectivity index (χ4n) is 5.57. The molecule has 3 N–H and O–H groups in total. The highest BCUT2D eigenvalue weighted by molar-refractivity contribution is 5.77. The third-order valence-electron chi connectivity index (χ3n) is 8.54. The van der Waals surface area contributed by atoms with Gasteiger partial charge in [-0.05, 0) is 19.3 Å². The Bertz CT molecular complexity index is 725. The first kappa shape index (κ1) is 43.1. The molecule has 264 valence electrons. The number of hydrogen-bond donors (Lipinski definition) is 3. The number of allylic oxidation sites excluding steroid dienone is 1. The number of nitrogens with one attached hydrogen (secondary N) is 1. The molecule has 0 heterocycles. The Morgan fingerprint density at radius 1 is 0.600 bits per heavy atom. The topological polar surface area (TPSA) is 113 Å². The summed E-state index contributed by atoms with van der Waals surface area (Å²) in [4.78, 5) is 35.4. The molecule has 0 aromatic carbocycles. The van der Waals surface area contributed by atoms with Gasteiger partial charge in [0.15, 0.2) is 0 Å². The third kappa shape index (κ3) is 31.9. The Balaban J connectivity index is 4.27. The largest absolute Gasteiger partial charge is 0.481 e. The minimum absolute atomic E-state index is 0.164. The fourth-order valence-corrected chi connectivity index (χ4v) is 5.57. The van der Waals surface area contributed by atoms with Crippen molar-refractivity contribution in [1.29, 1.82) is 0 Å². The zero-order chi connectivity index (χ0) is 33.2. The summed E-state index contributed by atoms with van der Waals surface area (Å²) >= 11 is 0. The summed E-state index contributed by atoms with van der Waals surface area (Å²) in [7, 11) is 0. The molecule has 0 radical (unpaired) electrons. The van der Waals surface area contributed by atoms with E-state index in [9.17, 15) is 19.5 Å². The standard InChI is InChI=1S/C38H71NO6/c1-3-5-7-9-11-13-15-17-19-21-23-25-27-29-35(40)34(33-45-38(44)32-31-37(42)43)39-36(41)30-28-26-24-22-20-18-16-14-12-10-8-6-4-2/h27,29,34-35,40H,3-26,28,30-33H2,1-2H3,(H,39,41)(H,42,43)/t34-,35+/m0/s1. The van der Waals surface area contributed by atoms with Crippen LogP contribution in [0.3, 0.4) is 0 Å². The van der Waals surface area contributed by atoms with Gasteiger partial charge in [0.05, 0.1) is 25.0 Å². The molecule has 1 amide bonds. The van der Waals surface area contributed by atoms with Crippen molar-refractivity contribution in [2.24, 2.45) is 0 Å². The van der Waals surface area contributed by atoms with Gasteiger partial charge in [-0.1, -0.05) is 167 Å². The van der Waals surface area contributed by atoms with E-state index in [4.69, 9.17) is 9.84 Å². The van der Waals surface area contributed by atoms with Crippen LogP contribution in [-0.4, -0.2) is 46.8 Å². The van der Waals surface area contributed by atoms with E-state index < -0.39 is 24.1 Å². The lowest BCUT2D eigenvalue weighted by molar-refractivity contribution is -0.149. The van der Waals surface area contributed by atoms with Crippen LogP contribution in [-0.2, 0) is 19.1 Å². The highest BCUT2D eigenvalue weighted by Crippen LogP contribution is 2.14. The first-order chi connectivity index (χ1) is 21.9. The molecule has 7 nitrogen and oxygen atoms in total. The second kappa shape index (κ2) is 33.5. The number of aliphatic hydroxyl groups excluding tert-OH is 1. The van der Waals surface area contributed by atoms with Crippen LogP contribution < -0.4 is 5.32 Å². The Morgan fingerprint density at radius 3 is 1.47 bits per heavy atom. The second-order valence-corrected chi connectivity index (χ2v) is 13.0. The van der Waals surface area contributed by atoms with Crippen molar-refractivity contribution in [2.75, 3.05) is 6.61 Å². The maximum atomic E-state index is 12.6. The van der Waals surface area contributed by atoms with Gasteiger partial charge in [0.1, 0.15) is 6.61 Å². The van der Waals surface area contributed by atoms with E-state index in [0.717, 1.165) is 38.5 Å². The van der Waals surface area contributed by atoms with Crippen molar-refractivity contribution >= 4 is 17.8 Å². The van der Waals surface area contributed by atoms with Crippen molar-refractivity contribution < 1.29 is 29.3 Å². The number of carboxylic acid groups (broad SMARTS) is 1. The number of amides is 1. The molecule has 2 atom stereocenters. The SMILES string of the molecule is CCCCCCCCCCCCCC=C[C@@H](O)[C@H](COC(=O)CCC(=O)O)NC(=O)CCCCCCCCCCCCCCC. The van der Waals surface area contributed by atoms with Gasteiger partial charge in [0.2, 0.25) is 5.91 Å². The number of unbranched alkanes of at least 4 members (excludes halogenated alkanes) is 23. The van der Waals surface area contributed by atoms with Crippen LogP contribution >= 0.6 is 0 Å². The average Bonchev–Trinajstić information content (AvgIpc) is 3.02. The lowest BCUT2D eigenvalue weighted by Crippen LogP contribution is -2.46. The van der Waals surface area contributed by atoms with Crippen molar-refractivity contribution in [3.05, 3.63) is 12.2 Å². The normalized spacial score (nSPS) is 12.8. The predicted molar refractivity (Wildman–Crippen MR) is 186 cm³/mol. The molecule has 0 bridgehead atoms. The minimum Gasteiger partial charge on any atom is -0.481 e. The monoisotopic (exact) mass is 638 g/mol. The number of aliphatic carboxylic acids is 1. The van der Waals surface area contributed by atoms with E-state index >= 15 is 0 Å². The fraction of sp³-hybridized carbons (Fsp3) is 0.868. The molecule has 0 aliphatic rings. The van der Waals surface area contributed by atoms with Gasteiger partial charge in [-0.2, -0.15) is 0 Å². The molecule has 7 heteroatoms. The molecule has 45 heavy (non-hydrogen) atoms. The summed E-state index contributed by atoms with van der Waals surface area (Å²) in [6.45, 7) is 4.31. The van der Waals surface area contributed by atoms with Crippen LogP contribution in [0, 0.1) is 0 Å². The van der Waals surface area contributed by atoms with E-state index in [1.54, 1.807) is 6.08 Å². The van der Waals surface area contributed by atoms with Gasteiger partial charge < -0.3 is 20.3 Å². The van der Waals surface area contributed by atoms with Crippen LogP contribution in [0.15, 0.2) is 12.2 Å². The van der Waals surface area contributed by atoms with E-state index in [0.29, 0.717) is 6.42 Å². The van der Waals surface area contributed by atoms with E-state index in [2.05, 4.69) is 19.2 Å². The summed E-state index contributed by atoms with van der Waals surface area (Å²) in [5.74, 6) is -1.88. The Morgan fingerprint density at radius 2 is 1.02 bits per heavy atom. The number of carbonyl (C=O) groups is 3. The summed E-state index contributed by atoms with van der Waals surface area (Å²) in [5.41, 5.74) is 0. The number of ether oxygens (including phenoxy) is 1. The van der Waals surface area contributed by atoms with Gasteiger partial charge in [-0.25, -0.2) is 0 Å². The molecule has 0 fully saturated rings. The number of hydrogen-bond acceptors (Lipinski definition) is 5. The maximum Gasteiger partial charge on any atom is 0.306 e. The highest BCUT2D eigenvalue weighted by atomic mass is 16.5. The number of aliphatic hydroxyl groups is 1. The minimum atomic E-state index is -1.07. The Labute approximate surface area is 276 Å².